The fourth-order valence-electron chi connectivity index (χ4n) is 3.25. The Hall–Kier alpha value is -1.40. The number of carbonyl (C=O) groups excluding carboxylic acids is 1. The second-order valence-corrected chi connectivity index (χ2v) is 10.5. The van der Waals surface area contributed by atoms with Gasteiger partial charge in [0.05, 0.1) is 12.0 Å². The lowest BCUT2D eigenvalue weighted by Gasteiger charge is -2.25. The molecule has 0 saturated carbocycles. The third-order valence-electron chi connectivity index (χ3n) is 4.84. The van der Waals surface area contributed by atoms with Crippen molar-refractivity contribution in [2.24, 2.45) is 5.92 Å². The molecule has 5 nitrogen and oxygen atoms in total. The van der Waals surface area contributed by atoms with Gasteiger partial charge in [0.25, 0.3) is 0 Å². The van der Waals surface area contributed by atoms with E-state index in [2.05, 4.69) is 18.6 Å². The molecule has 1 unspecified atom stereocenters. The van der Waals surface area contributed by atoms with Gasteiger partial charge in [-0.25, -0.2) is 8.42 Å². The van der Waals surface area contributed by atoms with E-state index >= 15 is 0 Å². The normalized spacial score (nSPS) is 13.6. The third kappa shape index (κ3) is 6.05. The van der Waals surface area contributed by atoms with Crippen molar-refractivity contribution in [3.63, 3.8) is 0 Å². The molecule has 1 rings (SSSR count). The zero-order valence-corrected chi connectivity index (χ0v) is 19.6. The van der Waals surface area contributed by atoms with Crippen LogP contribution in [0.1, 0.15) is 96.3 Å². The number of carbonyl (C=O) groups is 1. The van der Waals surface area contributed by atoms with Crippen LogP contribution in [0.15, 0.2) is 17.0 Å². The minimum absolute atomic E-state index is 0.0319. The van der Waals surface area contributed by atoms with Gasteiger partial charge in [0.15, 0.2) is 0 Å². The maximum atomic E-state index is 13.5. The van der Waals surface area contributed by atoms with E-state index in [4.69, 9.17) is 4.74 Å². The summed E-state index contributed by atoms with van der Waals surface area (Å²) in [6, 6.07) is 3.08. The molecule has 1 aromatic rings. The Morgan fingerprint density at radius 2 is 1.39 bits per heavy atom. The van der Waals surface area contributed by atoms with Crippen LogP contribution in [0.2, 0.25) is 0 Å². The van der Waals surface area contributed by atoms with E-state index in [1.165, 1.54) is 7.11 Å². The second kappa shape index (κ2) is 9.88. The van der Waals surface area contributed by atoms with E-state index in [9.17, 15) is 13.2 Å². The van der Waals surface area contributed by atoms with Crippen LogP contribution in [-0.4, -0.2) is 27.5 Å². The van der Waals surface area contributed by atoms with Crippen LogP contribution in [-0.2, 0) is 19.6 Å². The van der Waals surface area contributed by atoms with Crippen molar-refractivity contribution in [3.8, 4) is 0 Å². The molecule has 0 saturated heterocycles. The largest absolute Gasteiger partial charge is 0.468 e. The van der Waals surface area contributed by atoms with Crippen molar-refractivity contribution in [1.29, 1.82) is 0 Å². The van der Waals surface area contributed by atoms with Crippen molar-refractivity contribution in [1.82, 2.24) is 4.72 Å². The summed E-state index contributed by atoms with van der Waals surface area (Å²) >= 11 is 0. The van der Waals surface area contributed by atoms with Crippen LogP contribution in [0, 0.1) is 5.92 Å². The lowest BCUT2D eigenvalue weighted by Crippen LogP contribution is -2.43. The summed E-state index contributed by atoms with van der Waals surface area (Å²) in [5.74, 6) is -0.0603. The average Bonchev–Trinajstić information content (AvgIpc) is 2.58. The number of esters is 1. The first-order valence-corrected chi connectivity index (χ1v) is 11.6. The number of methoxy groups -OCH3 is 1. The summed E-state index contributed by atoms with van der Waals surface area (Å²) < 4.78 is 34.4. The van der Waals surface area contributed by atoms with E-state index in [-0.39, 0.29) is 17.8 Å². The molecule has 0 spiro atoms. The van der Waals surface area contributed by atoms with E-state index < -0.39 is 22.0 Å². The Morgan fingerprint density at radius 3 is 1.71 bits per heavy atom. The first-order chi connectivity index (χ1) is 12.8. The Kier molecular flexibility index (Phi) is 8.69. The van der Waals surface area contributed by atoms with Crippen LogP contribution >= 0.6 is 0 Å². The van der Waals surface area contributed by atoms with Crippen molar-refractivity contribution in [2.75, 3.05) is 7.11 Å². The van der Waals surface area contributed by atoms with E-state index in [1.807, 2.05) is 53.7 Å². The quantitative estimate of drug-likeness (QED) is 0.585. The Balaban J connectivity index is 3.63. The summed E-state index contributed by atoms with van der Waals surface area (Å²) in [5, 5.41) is 0. The van der Waals surface area contributed by atoms with E-state index in [0.717, 1.165) is 16.7 Å². The molecule has 0 radical (unpaired) electrons. The van der Waals surface area contributed by atoms with Gasteiger partial charge in [0.2, 0.25) is 10.0 Å². The number of rotatable bonds is 9. The molecule has 0 aliphatic carbocycles. The molecule has 0 fully saturated rings. The van der Waals surface area contributed by atoms with E-state index in [0.29, 0.717) is 17.2 Å². The predicted octanol–water partition coefficient (Wildman–Crippen LogP) is 4.92. The van der Waals surface area contributed by atoms with Crippen molar-refractivity contribution in [3.05, 3.63) is 28.8 Å². The van der Waals surface area contributed by atoms with Gasteiger partial charge >= 0.3 is 5.97 Å². The topological polar surface area (TPSA) is 72.5 Å². The molecule has 0 amide bonds. The number of nitrogens with one attached hydrogen (secondary N) is 1. The van der Waals surface area contributed by atoms with Crippen LogP contribution in [0.3, 0.4) is 0 Å². The SMILES string of the molecule is COC(=O)C(CC(C)C)NS(=O)(=O)c1c(C(C)C)cc(C(C)C)cc1C(C)C. The molecule has 1 N–H and O–H groups in total. The van der Waals surface area contributed by atoms with Gasteiger partial charge < -0.3 is 4.74 Å². The number of hydrogen-bond acceptors (Lipinski definition) is 4. The Labute approximate surface area is 171 Å². The van der Waals surface area contributed by atoms with Gasteiger partial charge in [-0.05, 0) is 46.8 Å². The first kappa shape index (κ1) is 24.6. The molecule has 0 bridgehead atoms. The number of ether oxygens (including phenoxy) is 1. The molecule has 0 heterocycles. The number of benzene rings is 1. The van der Waals surface area contributed by atoms with Gasteiger partial charge in [-0.2, -0.15) is 4.72 Å². The van der Waals surface area contributed by atoms with Crippen molar-refractivity contribution >= 4 is 16.0 Å². The van der Waals surface area contributed by atoms with Crippen molar-refractivity contribution in [2.45, 2.75) is 90.5 Å². The van der Waals surface area contributed by atoms with Crippen LogP contribution < -0.4 is 4.72 Å². The highest BCUT2D eigenvalue weighted by Gasteiger charge is 2.32. The monoisotopic (exact) mass is 411 g/mol. The third-order valence-corrected chi connectivity index (χ3v) is 6.44. The Morgan fingerprint density at radius 1 is 0.929 bits per heavy atom. The molecule has 0 aliphatic heterocycles. The van der Waals surface area contributed by atoms with Gasteiger partial charge in [-0.1, -0.05) is 67.5 Å². The fraction of sp³-hybridized carbons (Fsp3) is 0.682. The molecule has 160 valence electrons. The van der Waals surface area contributed by atoms with Crippen LogP contribution in [0.4, 0.5) is 0 Å². The zero-order chi connectivity index (χ0) is 21.8. The standard InChI is InChI=1S/C22H37NO4S/c1-13(2)10-20(22(24)27-9)23-28(25,26)21-18(15(5)6)11-17(14(3)4)12-19(21)16(7)8/h11-16,20,23H,10H2,1-9H3. The van der Waals surface area contributed by atoms with Gasteiger partial charge in [-0.15, -0.1) is 0 Å². The maximum absolute atomic E-state index is 13.5. The summed E-state index contributed by atoms with van der Waals surface area (Å²) in [6.07, 6.45) is 0.379. The van der Waals surface area contributed by atoms with E-state index in [1.54, 1.807) is 0 Å². The van der Waals surface area contributed by atoms with Gasteiger partial charge in [0.1, 0.15) is 6.04 Å². The summed E-state index contributed by atoms with van der Waals surface area (Å²) in [4.78, 5) is 12.5. The molecule has 6 heteroatoms. The number of hydrogen-bond donors (Lipinski definition) is 1. The highest BCUT2D eigenvalue weighted by Crippen LogP contribution is 2.35. The second-order valence-electron chi connectivity index (χ2n) is 8.82. The fourth-order valence-corrected chi connectivity index (χ4v) is 5.15. The predicted molar refractivity (Wildman–Crippen MR) is 114 cm³/mol. The summed E-state index contributed by atoms with van der Waals surface area (Å²) in [7, 11) is -2.63. The highest BCUT2D eigenvalue weighted by molar-refractivity contribution is 7.89. The minimum atomic E-state index is -3.90. The maximum Gasteiger partial charge on any atom is 0.323 e. The molecule has 28 heavy (non-hydrogen) atoms. The first-order valence-electron chi connectivity index (χ1n) is 10.1. The summed E-state index contributed by atoms with van der Waals surface area (Å²) in [5.41, 5.74) is 2.70. The number of sulfonamides is 1. The average molecular weight is 412 g/mol. The lowest BCUT2D eigenvalue weighted by molar-refractivity contribution is -0.143. The highest BCUT2D eigenvalue weighted by atomic mass is 32.2. The summed E-state index contributed by atoms with van der Waals surface area (Å²) in [6.45, 7) is 16.1. The van der Waals surface area contributed by atoms with Crippen LogP contribution in [0.25, 0.3) is 0 Å². The van der Waals surface area contributed by atoms with Crippen molar-refractivity contribution < 1.29 is 17.9 Å². The minimum Gasteiger partial charge on any atom is -0.468 e. The molecule has 0 aromatic heterocycles. The van der Waals surface area contributed by atoms with Crippen LogP contribution in [0.5, 0.6) is 0 Å². The molecular formula is C22H37NO4S. The smallest absolute Gasteiger partial charge is 0.323 e. The Bertz CT molecular complexity index is 751. The molecule has 1 atom stereocenters. The lowest BCUT2D eigenvalue weighted by atomic mass is 9.89. The molecule has 0 aliphatic rings. The molecular weight excluding hydrogens is 374 g/mol. The zero-order valence-electron chi connectivity index (χ0n) is 18.8. The van der Waals surface area contributed by atoms with Gasteiger partial charge in [0, 0.05) is 0 Å². The van der Waals surface area contributed by atoms with Gasteiger partial charge in [-0.3, -0.25) is 4.79 Å². The molecule has 1 aromatic carbocycles.